The zero-order valence-corrected chi connectivity index (χ0v) is 26.4. The SMILES string of the molecule is O=C(COC(=O)c1c2c(nc3ccccc13)/C(=C\c1cccc(Oc3ccccc3)c1)CC2)c1ccc(S(=O)(=O)N2CCCC2)cc1. The van der Waals surface area contributed by atoms with E-state index in [-0.39, 0.29) is 10.5 Å². The van der Waals surface area contributed by atoms with Gasteiger partial charge in [-0.05, 0) is 103 Å². The molecule has 8 nitrogen and oxygen atoms in total. The Morgan fingerprint density at radius 3 is 2.32 bits per heavy atom. The van der Waals surface area contributed by atoms with E-state index in [9.17, 15) is 18.0 Å². The molecule has 1 fully saturated rings. The Hall–Kier alpha value is -5.12. The van der Waals surface area contributed by atoms with Crippen LogP contribution in [0.3, 0.4) is 0 Å². The molecule has 1 aromatic heterocycles. The number of allylic oxidation sites excluding steroid dienone is 1. The predicted molar refractivity (Wildman–Crippen MR) is 180 cm³/mol. The molecule has 236 valence electrons. The number of esters is 1. The molecule has 2 aliphatic rings. The molecule has 0 atom stereocenters. The highest BCUT2D eigenvalue weighted by atomic mass is 32.2. The zero-order valence-electron chi connectivity index (χ0n) is 25.6. The van der Waals surface area contributed by atoms with Crippen LogP contribution in [0.4, 0.5) is 0 Å². The number of nitrogens with zero attached hydrogens (tertiary/aromatic N) is 2. The monoisotopic (exact) mass is 644 g/mol. The lowest BCUT2D eigenvalue weighted by Gasteiger charge is -2.15. The summed E-state index contributed by atoms with van der Waals surface area (Å²) in [6.07, 6.45) is 5.04. The lowest BCUT2D eigenvalue weighted by Crippen LogP contribution is -2.27. The number of carbonyl (C=O) groups excluding carboxylic acids is 2. The first-order chi connectivity index (χ1) is 22.9. The number of Topliss-reactive ketones (excluding diaryl/α,β-unsaturated/α-hetero) is 1. The van der Waals surface area contributed by atoms with E-state index in [1.165, 1.54) is 28.6 Å². The second-order valence-electron chi connectivity index (χ2n) is 11.6. The third kappa shape index (κ3) is 6.32. The van der Waals surface area contributed by atoms with Gasteiger partial charge in [-0.3, -0.25) is 4.79 Å². The third-order valence-corrected chi connectivity index (χ3v) is 10.5. The third-order valence-electron chi connectivity index (χ3n) is 8.54. The van der Waals surface area contributed by atoms with Gasteiger partial charge in [-0.1, -0.05) is 48.5 Å². The van der Waals surface area contributed by atoms with Gasteiger partial charge < -0.3 is 9.47 Å². The second-order valence-corrected chi connectivity index (χ2v) is 13.6. The Morgan fingerprint density at radius 1 is 0.809 bits per heavy atom. The van der Waals surface area contributed by atoms with Crippen LogP contribution in [0.25, 0.3) is 22.6 Å². The van der Waals surface area contributed by atoms with Gasteiger partial charge in [0.1, 0.15) is 11.5 Å². The topological polar surface area (TPSA) is 103 Å². The molecule has 1 saturated heterocycles. The Balaban J connectivity index is 1.11. The zero-order chi connectivity index (χ0) is 32.4. The fourth-order valence-electron chi connectivity index (χ4n) is 6.18. The molecule has 1 aliphatic carbocycles. The van der Waals surface area contributed by atoms with Gasteiger partial charge in [0, 0.05) is 24.0 Å². The number of hydrogen-bond acceptors (Lipinski definition) is 7. The summed E-state index contributed by atoms with van der Waals surface area (Å²) in [5, 5.41) is 0.666. The maximum Gasteiger partial charge on any atom is 0.339 e. The molecular formula is C38H32N2O6S. The van der Waals surface area contributed by atoms with Crippen molar-refractivity contribution in [3.63, 3.8) is 0 Å². The number of ketones is 1. The van der Waals surface area contributed by atoms with E-state index in [2.05, 4.69) is 6.08 Å². The van der Waals surface area contributed by atoms with Crippen LogP contribution in [0.5, 0.6) is 11.5 Å². The Labute approximate surface area is 273 Å². The quantitative estimate of drug-likeness (QED) is 0.122. The van der Waals surface area contributed by atoms with Gasteiger partial charge in [-0.2, -0.15) is 4.31 Å². The van der Waals surface area contributed by atoms with Gasteiger partial charge >= 0.3 is 5.97 Å². The molecule has 2 heterocycles. The largest absolute Gasteiger partial charge is 0.457 e. The van der Waals surface area contributed by atoms with Gasteiger partial charge in [-0.25, -0.2) is 18.2 Å². The van der Waals surface area contributed by atoms with Crippen LogP contribution >= 0.6 is 0 Å². The van der Waals surface area contributed by atoms with Crippen LogP contribution in [0, 0.1) is 0 Å². The summed E-state index contributed by atoms with van der Waals surface area (Å²) < 4.78 is 38.8. The fraction of sp³-hybridized carbons (Fsp3) is 0.184. The number of pyridine rings is 1. The van der Waals surface area contributed by atoms with Crippen molar-refractivity contribution in [1.29, 1.82) is 0 Å². The van der Waals surface area contributed by atoms with Crippen LogP contribution in [0.2, 0.25) is 0 Å². The van der Waals surface area contributed by atoms with Gasteiger partial charge in [0.2, 0.25) is 10.0 Å². The standard InChI is InChI=1S/C38H32N2O6S/c41-35(27-15-18-31(19-16-27)47(43,44)40-21-6-7-22-40)25-45-38(42)36-32-13-4-5-14-34(32)39-37-28(17-20-33(36)37)23-26-9-8-12-30(24-26)46-29-10-2-1-3-11-29/h1-5,8-16,18-19,23-24H,6-7,17,20-22,25H2/b28-23-. The highest BCUT2D eigenvalue weighted by Crippen LogP contribution is 2.38. The van der Waals surface area contributed by atoms with Gasteiger partial charge in [0.25, 0.3) is 0 Å². The molecule has 0 bridgehead atoms. The molecule has 9 heteroatoms. The van der Waals surface area contributed by atoms with Crippen LogP contribution in [0.1, 0.15) is 56.8 Å². The van der Waals surface area contributed by atoms with Gasteiger partial charge in [-0.15, -0.1) is 0 Å². The summed E-state index contributed by atoms with van der Waals surface area (Å²) in [5.74, 6) is 0.449. The smallest absolute Gasteiger partial charge is 0.339 e. The molecule has 0 spiro atoms. The van der Waals surface area contributed by atoms with E-state index in [0.29, 0.717) is 48.1 Å². The van der Waals surface area contributed by atoms with E-state index >= 15 is 0 Å². The molecule has 0 radical (unpaired) electrons. The number of aromatic nitrogens is 1. The average molecular weight is 645 g/mol. The number of hydrogen-bond donors (Lipinski definition) is 0. The van der Waals surface area contributed by atoms with E-state index in [1.807, 2.05) is 78.9 Å². The highest BCUT2D eigenvalue weighted by Gasteiger charge is 2.29. The second kappa shape index (κ2) is 12.9. The van der Waals surface area contributed by atoms with E-state index in [1.54, 1.807) is 0 Å². The summed E-state index contributed by atoms with van der Waals surface area (Å²) in [7, 11) is -3.59. The molecule has 0 N–H and O–H groups in total. The van der Waals surface area contributed by atoms with Crippen molar-refractivity contribution in [2.24, 2.45) is 0 Å². The van der Waals surface area contributed by atoms with E-state index in [4.69, 9.17) is 14.5 Å². The minimum atomic E-state index is -3.59. The van der Waals surface area contributed by atoms with Gasteiger partial charge in [0.05, 0.1) is 21.7 Å². The Bertz CT molecular complexity index is 2120. The number of ether oxygens (including phenoxy) is 2. The molecule has 5 aromatic rings. The Morgan fingerprint density at radius 2 is 1.53 bits per heavy atom. The van der Waals surface area contributed by atoms with E-state index < -0.39 is 28.4 Å². The minimum Gasteiger partial charge on any atom is -0.457 e. The number of rotatable bonds is 9. The van der Waals surface area contributed by atoms with Crippen molar-refractivity contribution in [1.82, 2.24) is 9.29 Å². The first kappa shape index (κ1) is 30.5. The number of benzene rings is 4. The number of fused-ring (bicyclic) bond motifs is 2. The lowest BCUT2D eigenvalue weighted by atomic mass is 10.0. The lowest BCUT2D eigenvalue weighted by molar-refractivity contribution is 0.0475. The maximum absolute atomic E-state index is 13.6. The summed E-state index contributed by atoms with van der Waals surface area (Å²) >= 11 is 0. The predicted octanol–water partition coefficient (Wildman–Crippen LogP) is 7.34. The molecular weight excluding hydrogens is 612 g/mol. The first-order valence-corrected chi connectivity index (χ1v) is 17.1. The van der Waals surface area contributed by atoms with Crippen LogP contribution in [-0.2, 0) is 21.2 Å². The van der Waals surface area contributed by atoms with Crippen LogP contribution in [0.15, 0.2) is 108 Å². The van der Waals surface area contributed by atoms with Crippen molar-refractivity contribution in [3.05, 3.63) is 131 Å². The van der Waals surface area contributed by atoms with Crippen molar-refractivity contribution >= 4 is 44.3 Å². The first-order valence-electron chi connectivity index (χ1n) is 15.6. The van der Waals surface area contributed by atoms with E-state index in [0.717, 1.165) is 41.0 Å². The average Bonchev–Trinajstić information content (AvgIpc) is 3.78. The molecule has 7 rings (SSSR count). The van der Waals surface area contributed by atoms with Crippen molar-refractivity contribution in [2.45, 2.75) is 30.6 Å². The van der Waals surface area contributed by atoms with Crippen LogP contribution in [-0.4, -0.2) is 49.2 Å². The molecule has 4 aromatic carbocycles. The summed E-state index contributed by atoms with van der Waals surface area (Å²) in [5.41, 5.74) is 4.82. The van der Waals surface area contributed by atoms with Crippen molar-refractivity contribution < 1.29 is 27.5 Å². The number of sulfonamides is 1. The summed E-state index contributed by atoms with van der Waals surface area (Å²) in [6, 6.07) is 30.6. The highest BCUT2D eigenvalue weighted by molar-refractivity contribution is 7.89. The number of para-hydroxylation sites is 2. The summed E-state index contributed by atoms with van der Waals surface area (Å²) in [6.45, 7) is 0.528. The van der Waals surface area contributed by atoms with Crippen molar-refractivity contribution in [3.8, 4) is 11.5 Å². The maximum atomic E-state index is 13.6. The molecule has 0 unspecified atom stereocenters. The molecule has 47 heavy (non-hydrogen) atoms. The van der Waals surface area contributed by atoms with Gasteiger partial charge in [0.15, 0.2) is 12.4 Å². The molecule has 0 saturated carbocycles. The van der Waals surface area contributed by atoms with Crippen LogP contribution < -0.4 is 4.74 Å². The normalized spacial score (nSPS) is 15.5. The minimum absolute atomic E-state index is 0.145. The summed E-state index contributed by atoms with van der Waals surface area (Å²) in [4.78, 5) is 31.8. The van der Waals surface area contributed by atoms with Crippen molar-refractivity contribution in [2.75, 3.05) is 19.7 Å². The molecule has 0 amide bonds. The fourth-order valence-corrected chi connectivity index (χ4v) is 7.70. The number of carbonyl (C=O) groups is 2. The Kier molecular flexibility index (Phi) is 8.41. The molecule has 1 aliphatic heterocycles.